The third-order valence-corrected chi connectivity index (χ3v) is 3.76. The zero-order chi connectivity index (χ0) is 13.4. The minimum absolute atomic E-state index is 0.234. The van der Waals surface area contributed by atoms with Gasteiger partial charge in [0.25, 0.3) is 0 Å². The van der Waals surface area contributed by atoms with Crippen molar-refractivity contribution in [3.05, 3.63) is 34.9 Å². The number of carbonyl (C=O) groups is 1. The first kappa shape index (κ1) is 12.6. The van der Waals surface area contributed by atoms with Crippen molar-refractivity contribution >= 4 is 17.2 Å². The first-order chi connectivity index (χ1) is 8.43. The van der Waals surface area contributed by atoms with Gasteiger partial charge in [0.15, 0.2) is 0 Å². The van der Waals surface area contributed by atoms with Gasteiger partial charge < -0.3 is 16.6 Å². The molecule has 0 aliphatic heterocycles. The minimum atomic E-state index is -0.972. The molecule has 0 saturated heterocycles. The summed E-state index contributed by atoms with van der Waals surface area (Å²) >= 11 is 0. The average Bonchev–Trinajstić information content (AvgIpc) is 2.55. The fourth-order valence-corrected chi connectivity index (χ4v) is 2.60. The predicted molar refractivity (Wildman–Crippen MR) is 72.1 cm³/mol. The molecule has 0 saturated carbocycles. The summed E-state index contributed by atoms with van der Waals surface area (Å²) in [6, 6.07) is 4.89. The van der Waals surface area contributed by atoms with E-state index in [4.69, 9.17) is 16.6 Å². The Morgan fingerprint density at radius 1 is 1.50 bits per heavy atom. The largest absolute Gasteiger partial charge is 0.480 e. The molecule has 0 amide bonds. The van der Waals surface area contributed by atoms with E-state index in [9.17, 15) is 4.79 Å². The summed E-state index contributed by atoms with van der Waals surface area (Å²) in [6.07, 6.45) is 0.349. The van der Waals surface area contributed by atoms with Crippen LogP contribution in [0.25, 0.3) is 5.57 Å². The maximum absolute atomic E-state index is 10.9. The van der Waals surface area contributed by atoms with Gasteiger partial charge in [0.1, 0.15) is 6.04 Å². The lowest BCUT2D eigenvalue weighted by Gasteiger charge is -2.11. The molecule has 2 rings (SSSR count). The number of carboxylic acids is 1. The molecule has 4 heteroatoms. The number of hydrogen-bond donors (Lipinski definition) is 3. The number of nitrogens with two attached hydrogens (primary N) is 2. The predicted octanol–water partition coefficient (Wildman–Crippen LogP) is 1.96. The van der Waals surface area contributed by atoms with E-state index in [1.807, 2.05) is 25.1 Å². The number of aliphatic carboxylic acids is 1. The Kier molecular flexibility index (Phi) is 3.13. The third kappa shape index (κ3) is 1.88. The zero-order valence-electron chi connectivity index (χ0n) is 10.6. The minimum Gasteiger partial charge on any atom is -0.480 e. The Bertz CT molecular complexity index is 535. The van der Waals surface area contributed by atoms with Gasteiger partial charge in [-0.3, -0.25) is 4.79 Å². The molecule has 96 valence electrons. The lowest BCUT2D eigenvalue weighted by Crippen LogP contribution is -2.30. The Morgan fingerprint density at radius 2 is 2.17 bits per heavy atom. The van der Waals surface area contributed by atoms with Gasteiger partial charge in [-0.2, -0.15) is 0 Å². The van der Waals surface area contributed by atoms with Crippen molar-refractivity contribution in [3.8, 4) is 0 Å². The number of anilines is 1. The lowest BCUT2D eigenvalue weighted by molar-refractivity contribution is -0.138. The molecule has 18 heavy (non-hydrogen) atoms. The van der Waals surface area contributed by atoms with E-state index < -0.39 is 12.0 Å². The average molecular weight is 246 g/mol. The molecular weight excluding hydrogens is 228 g/mol. The number of fused-ring (bicyclic) bond motifs is 1. The molecule has 0 aromatic heterocycles. The van der Waals surface area contributed by atoms with Crippen molar-refractivity contribution in [3.63, 3.8) is 0 Å². The molecule has 2 unspecified atom stereocenters. The highest BCUT2D eigenvalue weighted by atomic mass is 16.4. The monoisotopic (exact) mass is 246 g/mol. The van der Waals surface area contributed by atoms with Crippen LogP contribution in [0.4, 0.5) is 5.69 Å². The van der Waals surface area contributed by atoms with Crippen molar-refractivity contribution in [1.29, 1.82) is 0 Å². The smallest absolute Gasteiger partial charge is 0.320 e. The van der Waals surface area contributed by atoms with Crippen LogP contribution >= 0.6 is 0 Å². The van der Waals surface area contributed by atoms with Gasteiger partial charge in [0.05, 0.1) is 0 Å². The zero-order valence-corrected chi connectivity index (χ0v) is 10.6. The second-order valence-electron chi connectivity index (χ2n) is 4.84. The molecule has 0 radical (unpaired) electrons. The summed E-state index contributed by atoms with van der Waals surface area (Å²) in [7, 11) is 0. The first-order valence-electron chi connectivity index (χ1n) is 6.00. The van der Waals surface area contributed by atoms with E-state index in [1.54, 1.807) is 0 Å². The summed E-state index contributed by atoms with van der Waals surface area (Å²) in [5.41, 5.74) is 16.7. The van der Waals surface area contributed by atoms with Gasteiger partial charge >= 0.3 is 5.97 Å². The van der Waals surface area contributed by atoms with Crippen molar-refractivity contribution in [1.82, 2.24) is 0 Å². The van der Waals surface area contributed by atoms with Gasteiger partial charge in [-0.15, -0.1) is 0 Å². The van der Waals surface area contributed by atoms with E-state index in [-0.39, 0.29) is 5.92 Å². The number of allylic oxidation sites excluding steroid dienone is 1. The maximum atomic E-state index is 10.9. The Balaban J connectivity index is 2.43. The van der Waals surface area contributed by atoms with Gasteiger partial charge in [-0.1, -0.05) is 24.6 Å². The van der Waals surface area contributed by atoms with E-state index in [1.165, 1.54) is 5.57 Å². The first-order valence-corrected chi connectivity index (χ1v) is 6.00. The van der Waals surface area contributed by atoms with Crippen molar-refractivity contribution in [2.45, 2.75) is 32.2 Å². The molecule has 4 nitrogen and oxygen atoms in total. The van der Waals surface area contributed by atoms with E-state index in [0.29, 0.717) is 6.42 Å². The van der Waals surface area contributed by atoms with Gasteiger partial charge in [0, 0.05) is 11.6 Å². The standard InChI is InChI=1S/C14H18N2O2/c1-7-8(2)13-9(4-3-5-11(13)15)10(7)6-12(16)14(17)18/h3-5,8,12H,6,15-16H2,1-2H3,(H,17,18). The van der Waals surface area contributed by atoms with E-state index >= 15 is 0 Å². The summed E-state index contributed by atoms with van der Waals surface area (Å²) in [5, 5.41) is 8.92. The van der Waals surface area contributed by atoms with Crippen molar-refractivity contribution in [2.24, 2.45) is 5.73 Å². The number of hydrogen-bond acceptors (Lipinski definition) is 3. The van der Waals surface area contributed by atoms with Gasteiger partial charge in [-0.05, 0) is 36.1 Å². The summed E-state index contributed by atoms with van der Waals surface area (Å²) in [4.78, 5) is 10.9. The molecule has 0 fully saturated rings. The second-order valence-corrected chi connectivity index (χ2v) is 4.84. The van der Waals surface area contributed by atoms with Crippen LogP contribution in [-0.4, -0.2) is 17.1 Å². The molecule has 1 aromatic rings. The van der Waals surface area contributed by atoms with Crippen LogP contribution in [0.2, 0.25) is 0 Å². The Morgan fingerprint density at radius 3 is 2.78 bits per heavy atom. The molecular formula is C14H18N2O2. The quantitative estimate of drug-likeness (QED) is 0.711. The topological polar surface area (TPSA) is 89.3 Å². The normalized spacial score (nSPS) is 19.8. The van der Waals surface area contributed by atoms with E-state index in [0.717, 1.165) is 22.4 Å². The SMILES string of the molecule is CC1=C(CC(N)C(=O)O)c2cccc(N)c2C1C. The highest BCUT2D eigenvalue weighted by molar-refractivity contribution is 5.85. The van der Waals surface area contributed by atoms with Crippen LogP contribution in [0.15, 0.2) is 23.8 Å². The Labute approximate surface area is 106 Å². The molecule has 5 N–H and O–H groups in total. The van der Waals surface area contributed by atoms with Gasteiger partial charge in [0.2, 0.25) is 0 Å². The number of benzene rings is 1. The molecule has 1 aromatic carbocycles. The summed E-state index contributed by atoms with van der Waals surface area (Å²) in [6.45, 7) is 4.11. The summed E-state index contributed by atoms with van der Waals surface area (Å²) in [5.74, 6) is -0.738. The van der Waals surface area contributed by atoms with Crippen LogP contribution in [0.3, 0.4) is 0 Å². The number of rotatable bonds is 3. The molecule has 2 atom stereocenters. The fraction of sp³-hybridized carbons (Fsp3) is 0.357. The van der Waals surface area contributed by atoms with Crippen LogP contribution in [-0.2, 0) is 4.79 Å². The fourth-order valence-electron chi connectivity index (χ4n) is 2.60. The van der Waals surface area contributed by atoms with Crippen LogP contribution < -0.4 is 11.5 Å². The molecule has 1 aliphatic rings. The molecule has 1 aliphatic carbocycles. The Hall–Kier alpha value is -1.81. The second kappa shape index (κ2) is 4.46. The highest BCUT2D eigenvalue weighted by Crippen LogP contribution is 2.45. The number of carboxylic acid groups (broad SMARTS) is 1. The maximum Gasteiger partial charge on any atom is 0.320 e. The molecule has 0 spiro atoms. The van der Waals surface area contributed by atoms with E-state index in [2.05, 4.69) is 6.92 Å². The van der Waals surface area contributed by atoms with Crippen LogP contribution in [0, 0.1) is 0 Å². The molecule has 0 heterocycles. The lowest BCUT2D eigenvalue weighted by atomic mass is 9.97. The highest BCUT2D eigenvalue weighted by Gasteiger charge is 2.29. The third-order valence-electron chi connectivity index (χ3n) is 3.76. The summed E-state index contributed by atoms with van der Waals surface area (Å²) < 4.78 is 0. The van der Waals surface area contributed by atoms with Crippen molar-refractivity contribution in [2.75, 3.05) is 5.73 Å². The van der Waals surface area contributed by atoms with Crippen LogP contribution in [0.5, 0.6) is 0 Å². The number of nitrogen functional groups attached to an aromatic ring is 1. The van der Waals surface area contributed by atoms with Crippen LogP contribution in [0.1, 0.15) is 37.3 Å². The van der Waals surface area contributed by atoms with Gasteiger partial charge in [-0.25, -0.2) is 0 Å². The molecule has 0 bridgehead atoms. The van der Waals surface area contributed by atoms with Crippen molar-refractivity contribution < 1.29 is 9.90 Å².